The van der Waals surface area contributed by atoms with Crippen molar-refractivity contribution >= 4 is 23.8 Å². The van der Waals surface area contributed by atoms with Gasteiger partial charge in [0, 0.05) is 0 Å². The van der Waals surface area contributed by atoms with Crippen LogP contribution in [0.2, 0.25) is 0 Å². The van der Waals surface area contributed by atoms with Gasteiger partial charge in [0.05, 0.1) is 6.54 Å². The number of urea groups is 1. The molecule has 1 saturated carbocycles. The van der Waals surface area contributed by atoms with E-state index in [1.807, 2.05) is 0 Å². The number of hydrogen-bond acceptors (Lipinski definition) is 5. The number of amides is 4. The van der Waals surface area contributed by atoms with Gasteiger partial charge in [-0.3, -0.25) is 14.5 Å². The smallest absolute Gasteiger partial charge is 0.337 e. The van der Waals surface area contributed by atoms with E-state index in [4.69, 9.17) is 5.11 Å². The number of rotatable bonds is 5. The lowest BCUT2D eigenvalue weighted by Crippen LogP contribution is -2.50. The Bertz CT molecular complexity index is 524. The summed E-state index contributed by atoms with van der Waals surface area (Å²) in [6.45, 7) is 0.0227. The first-order valence-electron chi connectivity index (χ1n) is 7.04. The van der Waals surface area contributed by atoms with E-state index < -0.39 is 48.0 Å². The highest BCUT2D eigenvalue weighted by Crippen LogP contribution is 2.34. The lowest BCUT2D eigenvalue weighted by Gasteiger charge is -2.21. The zero-order valence-corrected chi connectivity index (χ0v) is 12.2. The maximum atomic E-state index is 12.3. The molecule has 122 valence electrons. The molecule has 9 nitrogen and oxygen atoms in total. The Kier molecular flexibility index (Phi) is 4.10. The first-order valence-corrected chi connectivity index (χ1v) is 7.04. The maximum absolute atomic E-state index is 12.3. The summed E-state index contributed by atoms with van der Waals surface area (Å²) in [4.78, 5) is 47.5. The number of carboxylic acids is 1. The molecule has 1 spiro atoms. The summed E-state index contributed by atoms with van der Waals surface area (Å²) in [5.74, 6) is -2.61. The number of hydrogen-bond donors (Lipinski definition) is 4. The van der Waals surface area contributed by atoms with Crippen LogP contribution in [0.15, 0.2) is 0 Å². The van der Waals surface area contributed by atoms with Crippen LogP contribution in [0.5, 0.6) is 0 Å². The topological polar surface area (TPSA) is 136 Å². The molecule has 2 aliphatic rings. The van der Waals surface area contributed by atoms with Crippen LogP contribution < -0.4 is 10.6 Å². The summed E-state index contributed by atoms with van der Waals surface area (Å²) in [5, 5.41) is 23.1. The van der Waals surface area contributed by atoms with Crippen molar-refractivity contribution in [1.29, 1.82) is 0 Å². The molecule has 0 aromatic carbocycles. The largest absolute Gasteiger partial charge is 0.479 e. The lowest BCUT2D eigenvalue weighted by molar-refractivity contribution is -0.156. The molecule has 1 aliphatic heterocycles. The number of imide groups is 1. The zero-order chi connectivity index (χ0) is 16.5. The third-order valence-electron chi connectivity index (χ3n) is 4.10. The van der Waals surface area contributed by atoms with Crippen LogP contribution in [0.25, 0.3) is 0 Å². The summed E-state index contributed by atoms with van der Waals surface area (Å²) < 4.78 is 0. The van der Waals surface area contributed by atoms with Crippen LogP contribution in [0.1, 0.15) is 32.6 Å². The molecular weight excluding hydrogens is 294 g/mol. The Morgan fingerprint density at radius 1 is 1.36 bits per heavy atom. The minimum atomic E-state index is -2.11. The Hall–Kier alpha value is -2.16. The summed E-state index contributed by atoms with van der Waals surface area (Å²) in [6, 6.07) is -0.618. The van der Waals surface area contributed by atoms with E-state index in [-0.39, 0.29) is 0 Å². The predicted molar refractivity (Wildman–Crippen MR) is 72.7 cm³/mol. The van der Waals surface area contributed by atoms with Crippen molar-refractivity contribution in [2.24, 2.45) is 0 Å². The Morgan fingerprint density at radius 3 is 2.50 bits per heavy atom. The number of carbonyl (C=O) groups is 4. The molecular formula is C13H19N3O6. The average molecular weight is 313 g/mol. The third-order valence-corrected chi connectivity index (χ3v) is 4.10. The third kappa shape index (κ3) is 2.89. The van der Waals surface area contributed by atoms with Gasteiger partial charge in [-0.25, -0.2) is 9.59 Å². The summed E-state index contributed by atoms with van der Waals surface area (Å²) in [6.07, 6.45) is 2.80. The lowest BCUT2D eigenvalue weighted by atomic mass is 9.98. The highest BCUT2D eigenvalue weighted by molar-refractivity contribution is 6.09. The number of nitrogens with one attached hydrogen (secondary N) is 2. The molecule has 0 bridgehead atoms. The number of nitrogens with zero attached hydrogens (tertiary/aromatic N) is 1. The molecule has 2 fully saturated rings. The van der Waals surface area contributed by atoms with Gasteiger partial charge in [0.2, 0.25) is 5.91 Å². The number of carbonyl (C=O) groups excluding carboxylic acids is 3. The van der Waals surface area contributed by atoms with Crippen LogP contribution in [0, 0.1) is 0 Å². The van der Waals surface area contributed by atoms with Crippen LogP contribution in [-0.4, -0.2) is 63.2 Å². The second kappa shape index (κ2) is 5.56. The van der Waals surface area contributed by atoms with Crippen molar-refractivity contribution in [3.63, 3.8) is 0 Å². The van der Waals surface area contributed by atoms with Crippen molar-refractivity contribution in [2.75, 3.05) is 13.1 Å². The van der Waals surface area contributed by atoms with E-state index >= 15 is 0 Å². The molecule has 22 heavy (non-hydrogen) atoms. The van der Waals surface area contributed by atoms with Gasteiger partial charge >= 0.3 is 12.0 Å². The molecule has 1 atom stereocenters. The average Bonchev–Trinajstić information content (AvgIpc) is 2.98. The van der Waals surface area contributed by atoms with E-state index in [1.165, 1.54) is 0 Å². The Balaban J connectivity index is 1.93. The molecule has 1 saturated heterocycles. The second-order valence-electron chi connectivity index (χ2n) is 5.97. The fraction of sp³-hybridized carbons (Fsp3) is 0.692. The fourth-order valence-corrected chi connectivity index (χ4v) is 2.68. The van der Waals surface area contributed by atoms with Crippen molar-refractivity contribution in [3.05, 3.63) is 0 Å². The molecule has 1 heterocycles. The summed E-state index contributed by atoms with van der Waals surface area (Å²) >= 11 is 0. The van der Waals surface area contributed by atoms with E-state index in [2.05, 4.69) is 10.6 Å². The van der Waals surface area contributed by atoms with E-state index in [1.54, 1.807) is 0 Å². The highest BCUT2D eigenvalue weighted by Gasteiger charge is 2.52. The van der Waals surface area contributed by atoms with Crippen LogP contribution >= 0.6 is 0 Å². The standard InChI is InChI=1S/C13H19N3O6/c1-12(22,10(19)20)7-14-8(17)6-16-9(18)13(15-11(16)21)4-2-3-5-13/h22H,2-7H2,1H3,(H,14,17)(H,15,21)(H,19,20). The zero-order valence-electron chi connectivity index (χ0n) is 12.2. The molecule has 4 N–H and O–H groups in total. The van der Waals surface area contributed by atoms with Gasteiger partial charge < -0.3 is 20.8 Å². The summed E-state index contributed by atoms with van der Waals surface area (Å²) in [7, 11) is 0. The molecule has 0 radical (unpaired) electrons. The Labute approximate surface area is 126 Å². The normalized spacial score (nSPS) is 22.5. The molecule has 9 heteroatoms. The molecule has 1 aliphatic carbocycles. The molecule has 0 aromatic heterocycles. The van der Waals surface area contributed by atoms with Gasteiger partial charge in [-0.1, -0.05) is 12.8 Å². The van der Waals surface area contributed by atoms with E-state index in [0.717, 1.165) is 24.7 Å². The van der Waals surface area contributed by atoms with E-state index in [0.29, 0.717) is 12.8 Å². The number of aliphatic hydroxyl groups is 1. The first kappa shape index (κ1) is 16.2. The quantitative estimate of drug-likeness (QED) is 0.471. The number of aliphatic carboxylic acids is 1. The maximum Gasteiger partial charge on any atom is 0.337 e. The molecule has 0 aromatic rings. The van der Waals surface area contributed by atoms with Gasteiger partial charge in [0.15, 0.2) is 5.60 Å². The van der Waals surface area contributed by atoms with Gasteiger partial charge in [-0.05, 0) is 19.8 Å². The van der Waals surface area contributed by atoms with Crippen molar-refractivity contribution in [3.8, 4) is 0 Å². The highest BCUT2D eigenvalue weighted by atomic mass is 16.4. The van der Waals surface area contributed by atoms with Gasteiger partial charge in [0.1, 0.15) is 12.1 Å². The van der Waals surface area contributed by atoms with Gasteiger partial charge in [0.25, 0.3) is 5.91 Å². The molecule has 4 amide bonds. The Morgan fingerprint density at radius 2 is 1.95 bits per heavy atom. The van der Waals surface area contributed by atoms with Crippen LogP contribution in [0.3, 0.4) is 0 Å². The predicted octanol–water partition coefficient (Wildman–Crippen LogP) is -1.20. The molecule has 2 rings (SSSR count). The minimum absolute atomic E-state index is 0.421. The van der Waals surface area contributed by atoms with Crippen LogP contribution in [-0.2, 0) is 14.4 Å². The minimum Gasteiger partial charge on any atom is -0.479 e. The molecule has 1 unspecified atom stereocenters. The SMILES string of the molecule is CC(O)(CNC(=O)CN1C(=O)NC2(CCCC2)C1=O)C(=O)O. The fourth-order valence-electron chi connectivity index (χ4n) is 2.68. The van der Waals surface area contributed by atoms with Crippen molar-refractivity contribution < 1.29 is 29.4 Å². The van der Waals surface area contributed by atoms with Crippen molar-refractivity contribution in [1.82, 2.24) is 15.5 Å². The van der Waals surface area contributed by atoms with Gasteiger partial charge in [-0.2, -0.15) is 0 Å². The summed E-state index contributed by atoms with van der Waals surface area (Å²) in [5.41, 5.74) is -3.00. The first-order chi connectivity index (χ1) is 10.2. The monoisotopic (exact) mass is 313 g/mol. The number of carboxylic acid groups (broad SMARTS) is 1. The van der Waals surface area contributed by atoms with Gasteiger partial charge in [-0.15, -0.1) is 0 Å². The van der Waals surface area contributed by atoms with Crippen LogP contribution in [0.4, 0.5) is 4.79 Å². The van der Waals surface area contributed by atoms with Crippen molar-refractivity contribution in [2.45, 2.75) is 43.7 Å². The second-order valence-corrected chi connectivity index (χ2v) is 5.97. The van der Waals surface area contributed by atoms with E-state index in [9.17, 15) is 24.3 Å².